The van der Waals surface area contributed by atoms with Gasteiger partial charge in [-0.15, -0.1) is 0 Å². The fourth-order valence-corrected chi connectivity index (χ4v) is 92.1. The summed E-state index contributed by atoms with van der Waals surface area (Å²) in [5, 5.41) is 0.543. The maximum atomic E-state index is 13.7. The van der Waals surface area contributed by atoms with E-state index in [0.29, 0.717) is 15.3 Å². The molecule has 4 unspecified atom stereocenters. The Kier molecular flexibility index (Phi) is 0.337. The van der Waals surface area contributed by atoms with Gasteiger partial charge in [0.25, 0.3) is 0 Å². The van der Waals surface area contributed by atoms with Crippen molar-refractivity contribution in [3.05, 3.63) is 46.1 Å². The monoisotopic (exact) mass is 348 g/mol. The SMILES string of the molecule is O=c1cc([C]23[CH]4[CH]5[CH]6[CH]2[Fe]56432789[CH]3[CH]2[CH]7[CH]8[CH]39)oc2cc(F)ccc12. The van der Waals surface area contributed by atoms with Gasteiger partial charge in [-0.2, -0.15) is 0 Å². The molecule has 0 bridgehead atoms. The molecule has 4 heteroatoms. The Labute approximate surface area is 120 Å². The van der Waals surface area contributed by atoms with Crippen LogP contribution in [0.15, 0.2) is 33.5 Å². The molecule has 1 aromatic heterocycles. The number of halogens is 1. The summed E-state index contributed by atoms with van der Waals surface area (Å²) in [7, 11) is 0. The molecule has 12 rings (SSSR count). The van der Waals surface area contributed by atoms with Crippen LogP contribution < -0.4 is 5.43 Å². The van der Waals surface area contributed by atoms with Crippen molar-refractivity contribution in [2.75, 3.05) is 0 Å². The zero-order valence-corrected chi connectivity index (χ0v) is 13.2. The Morgan fingerprint density at radius 1 is 0.957 bits per heavy atom. The quantitative estimate of drug-likeness (QED) is 0.698. The first-order chi connectivity index (χ1) is 10.9. The van der Waals surface area contributed by atoms with Crippen molar-refractivity contribution in [2.45, 2.75) is 47.7 Å². The molecule has 10 aliphatic rings. The van der Waals surface area contributed by atoms with E-state index in [1.807, 2.05) is 6.07 Å². The third-order valence-corrected chi connectivity index (χ3v) is 59.1. The summed E-state index contributed by atoms with van der Waals surface area (Å²) < 4.78 is 20.4. The van der Waals surface area contributed by atoms with Crippen molar-refractivity contribution in [2.24, 2.45) is 0 Å². The second kappa shape index (κ2) is 0.879. The van der Waals surface area contributed by atoms with E-state index in [0.717, 1.165) is 15.4 Å². The second-order valence-electron chi connectivity index (χ2n) is 12.3. The molecule has 0 amide bonds. The summed E-state index contributed by atoms with van der Waals surface area (Å²) in [6.07, 6.45) is 0. The third kappa shape index (κ3) is 0.126. The van der Waals surface area contributed by atoms with E-state index < -0.39 is 6.51 Å². The van der Waals surface area contributed by atoms with Crippen molar-refractivity contribution in [1.29, 1.82) is 0 Å². The molecule has 2 aromatic rings. The van der Waals surface area contributed by atoms with Crippen LogP contribution >= 0.6 is 0 Å². The van der Waals surface area contributed by atoms with Crippen LogP contribution in [0.25, 0.3) is 11.0 Å². The molecule has 0 aliphatic carbocycles. The summed E-state index contributed by atoms with van der Waals surface area (Å²) in [5.74, 6) is 0.745. The number of hydrogen-bond acceptors (Lipinski definition) is 2. The number of hydrogen-bond donors (Lipinski definition) is 0. The van der Waals surface area contributed by atoms with Crippen molar-refractivity contribution >= 4 is 11.0 Å². The zero-order chi connectivity index (χ0) is 14.4. The average Bonchev–Trinajstić information content (AvgIpc) is 3.46. The van der Waals surface area contributed by atoms with Gasteiger partial charge in [0, 0.05) is 0 Å². The Bertz CT molecular complexity index is 1510. The van der Waals surface area contributed by atoms with Crippen molar-refractivity contribution in [3.8, 4) is 0 Å². The van der Waals surface area contributed by atoms with Crippen LogP contribution in [0.1, 0.15) is 5.76 Å². The molecule has 11 heterocycles. The van der Waals surface area contributed by atoms with Crippen LogP contribution in [0.5, 0.6) is 0 Å². The van der Waals surface area contributed by atoms with E-state index in [4.69, 9.17) is 4.42 Å². The minimum absolute atomic E-state index is 0.0530. The first-order valence-corrected chi connectivity index (χ1v) is 15.2. The molecule has 10 aliphatic heterocycles. The standard InChI is InChI=1S/C14H8FO2.C5H5.Fe/c15-10-5-6-11-12(16)8-13(17-14(11)7-10)9-3-1-2-4-9;1-2-4-5-3-1;/h1-8H;1-5H;. The van der Waals surface area contributed by atoms with E-state index >= 15 is 0 Å². The molecule has 23 heavy (non-hydrogen) atoms. The van der Waals surface area contributed by atoms with Gasteiger partial charge in [0.1, 0.15) is 0 Å². The Hall–Kier alpha value is -1.12. The van der Waals surface area contributed by atoms with Gasteiger partial charge >= 0.3 is 120 Å². The van der Waals surface area contributed by atoms with Gasteiger partial charge in [0.05, 0.1) is 0 Å². The minimum atomic E-state index is -3.31. The summed E-state index contributed by atoms with van der Waals surface area (Å²) >= 11 is 0. The fraction of sp³-hybridized carbons (Fsp3) is 0.526. The number of benzene rings is 1. The third-order valence-electron chi connectivity index (χ3n) is 16.7. The summed E-state index contributed by atoms with van der Waals surface area (Å²) in [4.78, 5) is 23.2. The topological polar surface area (TPSA) is 30.2 Å². The van der Waals surface area contributed by atoms with E-state index in [9.17, 15) is 9.18 Å². The predicted octanol–water partition coefficient (Wildman–Crippen LogP) is 4.73. The second-order valence-corrected chi connectivity index (χ2v) is 35.9. The molecule has 116 valence electrons. The average molecular weight is 348 g/mol. The molecule has 10 saturated heterocycles. The molecule has 4 atom stereocenters. The molecule has 0 saturated carbocycles. The van der Waals surface area contributed by atoms with Gasteiger partial charge in [0.2, 0.25) is 0 Å². The summed E-state index contributed by atoms with van der Waals surface area (Å²) in [6, 6.07) is 6.22. The van der Waals surface area contributed by atoms with Crippen LogP contribution in [-0.2, 0) is 10.8 Å². The zero-order valence-electron chi connectivity index (χ0n) is 12.1. The van der Waals surface area contributed by atoms with Gasteiger partial charge in [-0.1, -0.05) is 0 Å². The molecule has 1 aromatic carbocycles. The molecular formula is C19H13FFeO2. The Morgan fingerprint density at radius 2 is 1.61 bits per heavy atom. The summed E-state index contributed by atoms with van der Waals surface area (Å²) in [6.45, 7) is -3.31. The fourth-order valence-electron chi connectivity index (χ4n) is 18.2. The van der Waals surface area contributed by atoms with Crippen LogP contribution in [0.4, 0.5) is 4.39 Å². The van der Waals surface area contributed by atoms with Crippen LogP contribution in [0, 0.1) is 5.82 Å². The van der Waals surface area contributed by atoms with Crippen molar-refractivity contribution in [3.63, 3.8) is 0 Å². The van der Waals surface area contributed by atoms with E-state index in [-0.39, 0.29) is 11.2 Å². The number of fused-ring (bicyclic) bond motifs is 11. The molecular weight excluding hydrogens is 335 g/mol. The molecule has 1 spiro atoms. The molecule has 0 N–H and O–H groups in total. The maximum absolute atomic E-state index is 13.7. The number of rotatable bonds is 1. The molecule has 0 radical (unpaired) electrons. The summed E-state index contributed by atoms with van der Waals surface area (Å²) in [5.41, 5.74) is 0.542. The van der Waals surface area contributed by atoms with Gasteiger partial charge < -0.3 is 0 Å². The van der Waals surface area contributed by atoms with Crippen LogP contribution in [0.3, 0.4) is 0 Å². The van der Waals surface area contributed by atoms with Gasteiger partial charge in [0.15, 0.2) is 0 Å². The van der Waals surface area contributed by atoms with Crippen molar-refractivity contribution in [1.82, 2.24) is 0 Å². The normalized spacial score (nSPS) is 91.3. The Balaban J connectivity index is 1.37. The van der Waals surface area contributed by atoms with Gasteiger partial charge in [-0.3, -0.25) is 0 Å². The van der Waals surface area contributed by atoms with Crippen LogP contribution in [0.2, 0.25) is 43.3 Å². The van der Waals surface area contributed by atoms with Crippen molar-refractivity contribution < 1.29 is 15.3 Å². The van der Waals surface area contributed by atoms with Crippen LogP contribution in [-0.4, -0.2) is 0 Å². The van der Waals surface area contributed by atoms with Gasteiger partial charge in [-0.25, -0.2) is 0 Å². The van der Waals surface area contributed by atoms with E-state index in [1.54, 1.807) is 6.07 Å². The molecule has 2 nitrogen and oxygen atoms in total. The first-order valence-electron chi connectivity index (χ1n) is 8.87. The first kappa shape index (κ1) is 8.82. The van der Waals surface area contributed by atoms with E-state index in [1.165, 1.54) is 45.8 Å². The van der Waals surface area contributed by atoms with E-state index in [2.05, 4.69) is 0 Å². The predicted molar refractivity (Wildman–Crippen MR) is 77.9 cm³/mol. The Morgan fingerprint density at radius 3 is 2.13 bits per heavy atom. The van der Waals surface area contributed by atoms with Gasteiger partial charge in [-0.05, 0) is 0 Å². The molecule has 10 fully saturated rings.